The Bertz CT molecular complexity index is 917. The number of nitriles is 1. The highest BCUT2D eigenvalue weighted by atomic mass is 32.2. The van der Waals surface area contributed by atoms with Crippen LogP contribution in [-0.2, 0) is 9.59 Å². The van der Waals surface area contributed by atoms with Crippen LogP contribution in [-0.4, -0.2) is 34.1 Å². The largest absolute Gasteiger partial charge is 0.310 e. The number of anilines is 1. The van der Waals surface area contributed by atoms with Gasteiger partial charge in [0.1, 0.15) is 10.9 Å². The lowest BCUT2D eigenvalue weighted by atomic mass is 10.2. The predicted molar refractivity (Wildman–Crippen MR) is 113 cm³/mol. The highest BCUT2D eigenvalue weighted by molar-refractivity contribution is 8.26. The first-order chi connectivity index (χ1) is 13.1. The van der Waals surface area contributed by atoms with Gasteiger partial charge in [0.2, 0.25) is 5.91 Å². The first-order valence-electron chi connectivity index (χ1n) is 8.11. The Morgan fingerprint density at radius 3 is 2.70 bits per heavy atom. The second-order valence-electron chi connectivity index (χ2n) is 5.57. The number of carbonyl (C=O) groups excluding carboxylic acids is 2. The number of hydrogen-bond acceptors (Lipinski definition) is 6. The van der Waals surface area contributed by atoms with Crippen LogP contribution < -0.4 is 4.90 Å². The Kier molecular flexibility index (Phi) is 6.40. The summed E-state index contributed by atoms with van der Waals surface area (Å²) >= 11 is 8.04. The van der Waals surface area contributed by atoms with E-state index in [1.54, 1.807) is 18.2 Å². The smallest absolute Gasteiger partial charge is 0.266 e. The van der Waals surface area contributed by atoms with Crippen molar-refractivity contribution in [2.75, 3.05) is 18.0 Å². The minimum absolute atomic E-state index is 0.146. The zero-order chi connectivity index (χ0) is 19.2. The third-order valence-electron chi connectivity index (χ3n) is 3.80. The summed E-state index contributed by atoms with van der Waals surface area (Å²) in [6, 6.07) is 15.0. The average Bonchev–Trinajstić information content (AvgIpc) is 3.27. The second-order valence-corrected chi connectivity index (χ2v) is 8.23. The van der Waals surface area contributed by atoms with Crippen molar-refractivity contribution in [1.29, 1.82) is 5.26 Å². The monoisotopic (exact) mass is 413 g/mol. The SMILES string of the molecule is N#CCCN(C(=O)CN1C(=O)C(=Cc2cccs2)SC1=S)c1ccccc1. The van der Waals surface area contributed by atoms with Gasteiger partial charge in [0.25, 0.3) is 5.91 Å². The molecule has 3 rings (SSSR count). The van der Waals surface area contributed by atoms with E-state index in [9.17, 15) is 9.59 Å². The van der Waals surface area contributed by atoms with Gasteiger partial charge in [-0.05, 0) is 29.7 Å². The predicted octanol–water partition coefficient (Wildman–Crippen LogP) is 3.90. The fourth-order valence-electron chi connectivity index (χ4n) is 2.53. The van der Waals surface area contributed by atoms with Crippen LogP contribution in [0, 0.1) is 11.3 Å². The van der Waals surface area contributed by atoms with Crippen LogP contribution in [0.4, 0.5) is 5.69 Å². The maximum atomic E-state index is 12.9. The van der Waals surface area contributed by atoms with E-state index in [4.69, 9.17) is 17.5 Å². The maximum absolute atomic E-state index is 12.9. The maximum Gasteiger partial charge on any atom is 0.266 e. The van der Waals surface area contributed by atoms with Crippen molar-refractivity contribution >= 4 is 63.2 Å². The standard InChI is InChI=1S/C19H15N3O2S3/c20-9-5-10-21(14-6-2-1-3-7-14)17(23)13-22-18(24)16(27-19(22)25)12-15-8-4-11-26-15/h1-4,6-8,11-12H,5,10,13H2. The molecule has 2 aromatic rings. The molecule has 1 aliphatic heterocycles. The Balaban J connectivity index is 1.76. The lowest BCUT2D eigenvalue weighted by molar-refractivity contribution is -0.127. The number of nitrogens with zero attached hydrogens (tertiary/aromatic N) is 3. The van der Waals surface area contributed by atoms with Crippen molar-refractivity contribution in [3.05, 3.63) is 57.6 Å². The molecule has 1 aliphatic rings. The van der Waals surface area contributed by atoms with Crippen LogP contribution in [0.1, 0.15) is 11.3 Å². The van der Waals surface area contributed by atoms with Crippen molar-refractivity contribution in [2.45, 2.75) is 6.42 Å². The fourth-order valence-corrected chi connectivity index (χ4v) is 4.50. The molecule has 0 radical (unpaired) electrons. The van der Waals surface area contributed by atoms with Gasteiger partial charge in [0.15, 0.2) is 0 Å². The Morgan fingerprint density at radius 1 is 1.26 bits per heavy atom. The van der Waals surface area contributed by atoms with Gasteiger partial charge in [-0.2, -0.15) is 5.26 Å². The van der Waals surface area contributed by atoms with Crippen LogP contribution in [0.3, 0.4) is 0 Å². The number of thioether (sulfide) groups is 1. The summed E-state index contributed by atoms with van der Waals surface area (Å²) < 4.78 is 0.365. The molecule has 0 bridgehead atoms. The summed E-state index contributed by atoms with van der Waals surface area (Å²) in [7, 11) is 0. The van der Waals surface area contributed by atoms with E-state index in [1.165, 1.54) is 32.9 Å². The summed E-state index contributed by atoms with van der Waals surface area (Å²) in [5, 5.41) is 10.8. The molecule has 1 aromatic carbocycles. The van der Waals surface area contributed by atoms with E-state index in [0.717, 1.165) is 4.88 Å². The van der Waals surface area contributed by atoms with Crippen LogP contribution in [0.25, 0.3) is 6.08 Å². The van der Waals surface area contributed by atoms with Crippen LogP contribution >= 0.6 is 35.3 Å². The number of benzene rings is 1. The summed E-state index contributed by atoms with van der Waals surface area (Å²) in [5.74, 6) is -0.537. The van der Waals surface area contributed by atoms with Gasteiger partial charge in [-0.15, -0.1) is 11.3 Å². The zero-order valence-electron chi connectivity index (χ0n) is 14.2. The molecule has 0 unspecified atom stereocenters. The van der Waals surface area contributed by atoms with Crippen LogP contribution in [0.15, 0.2) is 52.7 Å². The third-order valence-corrected chi connectivity index (χ3v) is 6.00. The molecule has 1 saturated heterocycles. The van der Waals surface area contributed by atoms with E-state index in [1.807, 2.05) is 35.7 Å². The van der Waals surface area contributed by atoms with Gasteiger partial charge in [0, 0.05) is 17.1 Å². The number of carbonyl (C=O) groups is 2. The summed E-state index contributed by atoms with van der Waals surface area (Å²) in [6.45, 7) is 0.117. The van der Waals surface area contributed by atoms with Gasteiger partial charge in [-0.3, -0.25) is 14.5 Å². The number of hydrogen-bond donors (Lipinski definition) is 0. The minimum Gasteiger partial charge on any atom is -0.310 e. The average molecular weight is 414 g/mol. The molecule has 0 N–H and O–H groups in total. The van der Waals surface area contributed by atoms with Crippen molar-refractivity contribution in [3.8, 4) is 6.07 Å². The van der Waals surface area contributed by atoms with Gasteiger partial charge >= 0.3 is 0 Å². The number of para-hydroxylation sites is 1. The first-order valence-corrected chi connectivity index (χ1v) is 10.2. The number of thiophene rings is 1. The van der Waals surface area contributed by atoms with Crippen molar-refractivity contribution in [2.24, 2.45) is 0 Å². The highest BCUT2D eigenvalue weighted by Crippen LogP contribution is 2.33. The number of thiocarbonyl (C=S) groups is 1. The van der Waals surface area contributed by atoms with Gasteiger partial charge in [-0.1, -0.05) is 48.2 Å². The highest BCUT2D eigenvalue weighted by Gasteiger charge is 2.34. The molecule has 27 heavy (non-hydrogen) atoms. The number of amides is 2. The molecule has 8 heteroatoms. The van der Waals surface area contributed by atoms with Gasteiger partial charge in [0.05, 0.1) is 17.4 Å². The van der Waals surface area contributed by atoms with Crippen LogP contribution in [0.5, 0.6) is 0 Å². The van der Waals surface area contributed by atoms with Crippen molar-refractivity contribution < 1.29 is 9.59 Å². The fraction of sp³-hybridized carbons (Fsp3) is 0.158. The first kappa shape index (κ1) is 19.3. The lowest BCUT2D eigenvalue weighted by Crippen LogP contribution is -2.42. The molecule has 0 atom stereocenters. The van der Waals surface area contributed by atoms with E-state index in [-0.39, 0.29) is 31.3 Å². The molecule has 1 fully saturated rings. The van der Waals surface area contributed by atoms with Gasteiger partial charge < -0.3 is 4.90 Å². The summed E-state index contributed by atoms with van der Waals surface area (Å²) in [4.78, 5) is 29.9. The molecule has 0 saturated carbocycles. The van der Waals surface area contributed by atoms with E-state index >= 15 is 0 Å². The normalized spacial score (nSPS) is 15.2. The Morgan fingerprint density at radius 2 is 2.04 bits per heavy atom. The molecule has 136 valence electrons. The topological polar surface area (TPSA) is 64.4 Å². The molecule has 0 aliphatic carbocycles. The van der Waals surface area contributed by atoms with Crippen LogP contribution in [0.2, 0.25) is 0 Å². The molecule has 2 heterocycles. The molecular formula is C19H15N3O2S3. The Hall–Kier alpha value is -2.47. The minimum atomic E-state index is -0.273. The summed E-state index contributed by atoms with van der Waals surface area (Å²) in [5.41, 5.74) is 0.692. The van der Waals surface area contributed by atoms with Crippen molar-refractivity contribution in [1.82, 2.24) is 4.90 Å². The molecule has 2 amide bonds. The lowest BCUT2D eigenvalue weighted by Gasteiger charge is -2.24. The summed E-state index contributed by atoms with van der Waals surface area (Å²) in [6.07, 6.45) is 2.00. The zero-order valence-corrected chi connectivity index (χ0v) is 16.6. The Labute approximate surface area is 170 Å². The number of rotatable bonds is 6. The quantitative estimate of drug-likeness (QED) is 0.531. The third kappa shape index (κ3) is 4.63. The molecule has 1 aromatic heterocycles. The molecular weight excluding hydrogens is 398 g/mol. The van der Waals surface area contributed by atoms with E-state index in [2.05, 4.69) is 6.07 Å². The van der Waals surface area contributed by atoms with Gasteiger partial charge in [-0.25, -0.2) is 0 Å². The van der Waals surface area contributed by atoms with E-state index in [0.29, 0.717) is 14.9 Å². The molecule has 0 spiro atoms. The van der Waals surface area contributed by atoms with E-state index < -0.39 is 0 Å². The molecule has 5 nitrogen and oxygen atoms in total. The van der Waals surface area contributed by atoms with Crippen molar-refractivity contribution in [3.63, 3.8) is 0 Å². The second kappa shape index (κ2) is 8.95.